The number of hydrogen-bond donors (Lipinski definition) is 2. The molecule has 4 heteroatoms. The Kier molecular flexibility index (Phi) is 4.21. The molecule has 1 aromatic rings. The predicted molar refractivity (Wildman–Crippen MR) is 71.4 cm³/mol. The molecule has 0 aliphatic carbocycles. The third-order valence-electron chi connectivity index (χ3n) is 2.59. The molecule has 0 aliphatic heterocycles. The normalized spacial score (nSPS) is 12.0. The van der Waals surface area contributed by atoms with Gasteiger partial charge in [0.2, 0.25) is 5.43 Å². The minimum absolute atomic E-state index is 0.00678. The van der Waals surface area contributed by atoms with Gasteiger partial charge >= 0.3 is 0 Å². The minimum Gasteiger partial charge on any atom is -0.382 e. The van der Waals surface area contributed by atoms with E-state index in [4.69, 9.17) is 18.0 Å². The Morgan fingerprint density at radius 2 is 1.94 bits per heavy atom. The Balaban J connectivity index is 2.71. The monoisotopic (exact) mass is 240 g/mol. The maximum Gasteiger partial charge on any atom is 0.220 e. The van der Waals surface area contributed by atoms with Crippen molar-refractivity contribution in [2.75, 3.05) is 18.4 Å². The molecule has 0 saturated heterocycles. The second-order valence-electron chi connectivity index (χ2n) is 5.08. The van der Waals surface area contributed by atoms with Crippen LogP contribution < -0.4 is 16.5 Å². The lowest BCUT2D eigenvalue weighted by Crippen LogP contribution is -2.29. The van der Waals surface area contributed by atoms with Gasteiger partial charge in [-0.15, -0.1) is 0 Å². The van der Waals surface area contributed by atoms with Gasteiger partial charge in [-0.3, -0.25) is 4.79 Å². The molecule has 0 unspecified atom stereocenters. The van der Waals surface area contributed by atoms with Crippen LogP contribution in [0.5, 0.6) is 0 Å². The summed E-state index contributed by atoms with van der Waals surface area (Å²) in [5.74, 6) is 0. The number of rotatable bonds is 5. The van der Waals surface area contributed by atoms with E-state index in [0.29, 0.717) is 11.1 Å². The maximum atomic E-state index is 11.6. The maximum absolute atomic E-state index is 11.6. The van der Waals surface area contributed by atoms with E-state index in [2.05, 4.69) is 26.1 Å². The molecule has 1 rings (SSSR count). The molecule has 0 atom stereocenters. The van der Waals surface area contributed by atoms with Crippen molar-refractivity contribution in [3.8, 4) is 0 Å². The van der Waals surface area contributed by atoms with E-state index in [9.17, 15) is 4.79 Å². The Labute approximate surface area is 102 Å². The number of anilines is 1. The zero-order valence-electron chi connectivity index (χ0n) is 10.2. The van der Waals surface area contributed by atoms with E-state index >= 15 is 0 Å². The van der Waals surface area contributed by atoms with Crippen molar-refractivity contribution < 1.29 is 0 Å². The lowest BCUT2D eigenvalue weighted by molar-refractivity contribution is 0.583. The van der Waals surface area contributed by atoms with E-state index in [1.807, 2.05) is 0 Å². The van der Waals surface area contributed by atoms with Gasteiger partial charge in [-0.05, 0) is 24.8 Å². The summed E-state index contributed by atoms with van der Waals surface area (Å²) in [7, 11) is 0. The van der Waals surface area contributed by atoms with Crippen LogP contribution in [0.3, 0.4) is 0 Å². The standard InChI is InChI=1S/C12H20N2OS/c1-12(2,3)8-9(10(15)11(8)16)14-7-5-4-6-13/h14H,4-7,13H2,1-3H3. The highest BCUT2D eigenvalue weighted by Gasteiger charge is 2.27. The predicted octanol–water partition coefficient (Wildman–Crippen LogP) is 2.10. The van der Waals surface area contributed by atoms with Crippen molar-refractivity contribution in [1.29, 1.82) is 0 Å². The molecule has 0 aromatic heterocycles. The minimum atomic E-state index is -0.0544. The molecule has 3 nitrogen and oxygen atoms in total. The third-order valence-corrected chi connectivity index (χ3v) is 2.98. The highest BCUT2D eigenvalue weighted by molar-refractivity contribution is 7.71. The Morgan fingerprint density at radius 1 is 1.31 bits per heavy atom. The van der Waals surface area contributed by atoms with Gasteiger partial charge in [-0.2, -0.15) is 0 Å². The highest BCUT2D eigenvalue weighted by atomic mass is 32.1. The van der Waals surface area contributed by atoms with Crippen LogP contribution in [-0.4, -0.2) is 13.1 Å². The molecule has 16 heavy (non-hydrogen) atoms. The Bertz CT molecular complexity index is 425. The first-order valence-electron chi connectivity index (χ1n) is 5.67. The lowest BCUT2D eigenvalue weighted by Gasteiger charge is -2.25. The van der Waals surface area contributed by atoms with Gasteiger partial charge in [0.15, 0.2) is 0 Å². The smallest absolute Gasteiger partial charge is 0.220 e. The third kappa shape index (κ3) is 2.68. The number of nitrogens with two attached hydrogens (primary N) is 1. The Morgan fingerprint density at radius 3 is 2.44 bits per heavy atom. The highest BCUT2D eigenvalue weighted by Crippen LogP contribution is 2.30. The van der Waals surface area contributed by atoms with Crippen molar-refractivity contribution in [1.82, 2.24) is 0 Å². The van der Waals surface area contributed by atoms with Crippen molar-refractivity contribution in [2.24, 2.45) is 5.73 Å². The zero-order valence-corrected chi connectivity index (χ0v) is 11.0. The molecule has 1 aromatic carbocycles. The fourth-order valence-electron chi connectivity index (χ4n) is 1.76. The van der Waals surface area contributed by atoms with Crippen LogP contribution in [0.2, 0.25) is 0 Å². The molecule has 0 saturated carbocycles. The fraction of sp³-hybridized carbons (Fsp3) is 0.667. The summed E-state index contributed by atoms with van der Waals surface area (Å²) in [5.41, 5.74) is 7.07. The Hall–Kier alpha value is -0.740. The van der Waals surface area contributed by atoms with Crippen LogP contribution in [0.15, 0.2) is 4.79 Å². The number of hydrogen-bond acceptors (Lipinski definition) is 4. The molecule has 0 fully saturated rings. The van der Waals surface area contributed by atoms with Gasteiger partial charge in [0.1, 0.15) is 0 Å². The van der Waals surface area contributed by atoms with Crippen LogP contribution in [0.1, 0.15) is 39.2 Å². The first-order chi connectivity index (χ1) is 7.39. The molecule has 0 heterocycles. The van der Waals surface area contributed by atoms with E-state index in [1.54, 1.807) is 0 Å². The molecule has 3 N–H and O–H groups in total. The molecular weight excluding hydrogens is 220 g/mol. The average Bonchev–Trinajstić information content (AvgIpc) is 2.19. The van der Waals surface area contributed by atoms with Gasteiger partial charge in [-0.25, -0.2) is 0 Å². The van der Waals surface area contributed by atoms with Gasteiger partial charge in [0.05, 0.1) is 10.2 Å². The second kappa shape index (κ2) is 5.06. The largest absolute Gasteiger partial charge is 0.382 e. The molecule has 90 valence electrons. The van der Waals surface area contributed by atoms with Crippen LogP contribution in [0.4, 0.5) is 5.69 Å². The van der Waals surface area contributed by atoms with Gasteiger partial charge in [0.25, 0.3) is 0 Å². The van der Waals surface area contributed by atoms with Crippen LogP contribution in [-0.2, 0) is 5.41 Å². The summed E-state index contributed by atoms with van der Waals surface area (Å²) in [6, 6.07) is 0. The second-order valence-corrected chi connectivity index (χ2v) is 5.49. The fourth-order valence-corrected chi connectivity index (χ4v) is 2.27. The van der Waals surface area contributed by atoms with E-state index in [-0.39, 0.29) is 10.8 Å². The molecule has 0 amide bonds. The van der Waals surface area contributed by atoms with E-state index in [0.717, 1.165) is 30.6 Å². The van der Waals surface area contributed by atoms with Crippen molar-refractivity contribution in [2.45, 2.75) is 39.0 Å². The van der Waals surface area contributed by atoms with Crippen LogP contribution in [0.25, 0.3) is 0 Å². The summed E-state index contributed by atoms with van der Waals surface area (Å²) in [5, 5.41) is 3.18. The molecular formula is C12H20N2OS. The molecule has 0 radical (unpaired) electrons. The summed E-state index contributed by atoms with van der Waals surface area (Å²) in [6.07, 6.45) is 1.96. The van der Waals surface area contributed by atoms with Crippen LogP contribution >= 0.6 is 12.2 Å². The van der Waals surface area contributed by atoms with Crippen molar-refractivity contribution in [3.05, 3.63) is 20.3 Å². The van der Waals surface area contributed by atoms with E-state index in [1.165, 1.54) is 0 Å². The summed E-state index contributed by atoms with van der Waals surface area (Å²) < 4.78 is 0.494. The molecule has 0 spiro atoms. The average molecular weight is 240 g/mol. The summed E-state index contributed by atoms with van der Waals surface area (Å²) in [6.45, 7) is 7.70. The van der Waals surface area contributed by atoms with Crippen molar-refractivity contribution >= 4 is 17.9 Å². The van der Waals surface area contributed by atoms with Crippen molar-refractivity contribution in [3.63, 3.8) is 0 Å². The number of unbranched alkanes of at least 4 members (excludes halogenated alkanes) is 1. The number of nitrogens with one attached hydrogen (secondary N) is 1. The first-order valence-corrected chi connectivity index (χ1v) is 6.08. The first kappa shape index (κ1) is 13.3. The zero-order chi connectivity index (χ0) is 12.3. The summed E-state index contributed by atoms with van der Waals surface area (Å²) in [4.78, 5) is 11.6. The SMILES string of the molecule is CC(C)(C)c1c(NCCCCN)c(=O)c1=S. The lowest BCUT2D eigenvalue weighted by atomic mass is 9.83. The van der Waals surface area contributed by atoms with E-state index < -0.39 is 0 Å². The van der Waals surface area contributed by atoms with Gasteiger partial charge in [-0.1, -0.05) is 33.0 Å². The quantitative estimate of drug-likeness (QED) is 0.611. The van der Waals surface area contributed by atoms with Gasteiger partial charge < -0.3 is 11.1 Å². The van der Waals surface area contributed by atoms with Gasteiger partial charge in [0, 0.05) is 12.1 Å². The van der Waals surface area contributed by atoms with Crippen LogP contribution in [0, 0.1) is 4.51 Å². The molecule has 0 bridgehead atoms. The molecule has 0 aliphatic rings. The summed E-state index contributed by atoms with van der Waals surface area (Å²) >= 11 is 5.09. The topological polar surface area (TPSA) is 55.1 Å².